The van der Waals surface area contributed by atoms with Crippen molar-refractivity contribution in [2.24, 2.45) is 4.99 Å². The summed E-state index contributed by atoms with van der Waals surface area (Å²) in [4.78, 5) is 38.6. The van der Waals surface area contributed by atoms with Crippen LogP contribution in [0, 0.1) is 0 Å². The summed E-state index contributed by atoms with van der Waals surface area (Å²) in [5.74, 6) is -1.55. The number of aliphatic imine (C=N–C) groups is 1. The van der Waals surface area contributed by atoms with Crippen molar-refractivity contribution in [2.75, 3.05) is 18.7 Å². The average molecular weight is 403 g/mol. The monoisotopic (exact) mass is 403 g/mol. The molecule has 1 aliphatic rings. The van der Waals surface area contributed by atoms with Crippen LogP contribution >= 0.6 is 0 Å². The molecule has 0 fully saturated rings. The number of carbonyl (C=O) groups is 1. The number of hydrogen-bond acceptors (Lipinski definition) is 7. The predicted molar refractivity (Wildman–Crippen MR) is 113 cm³/mol. The molecule has 0 radical (unpaired) electrons. The van der Waals surface area contributed by atoms with Crippen molar-refractivity contribution in [1.29, 1.82) is 0 Å². The molecule has 0 amide bonds. The van der Waals surface area contributed by atoms with E-state index in [1.807, 2.05) is 36.4 Å². The van der Waals surface area contributed by atoms with Crippen molar-refractivity contribution in [1.82, 2.24) is 5.01 Å². The summed E-state index contributed by atoms with van der Waals surface area (Å²) in [5, 5.41) is 22.4. The van der Waals surface area contributed by atoms with Crippen molar-refractivity contribution < 1.29 is 15.0 Å². The Balaban J connectivity index is 1.64. The lowest BCUT2D eigenvalue weighted by Gasteiger charge is -2.33. The third-order valence-electron chi connectivity index (χ3n) is 5.01. The van der Waals surface area contributed by atoms with E-state index in [4.69, 9.17) is 5.11 Å². The van der Waals surface area contributed by atoms with E-state index in [1.54, 1.807) is 29.2 Å². The highest BCUT2D eigenvalue weighted by atomic mass is 16.4. The molecule has 1 aliphatic heterocycles. The Morgan fingerprint density at radius 3 is 2.33 bits per heavy atom. The average Bonchev–Trinajstić information content (AvgIpc) is 2.79. The van der Waals surface area contributed by atoms with Crippen molar-refractivity contribution in [3.8, 4) is 28.0 Å². The molecule has 0 spiro atoms. The van der Waals surface area contributed by atoms with E-state index >= 15 is 0 Å². The fourth-order valence-electron chi connectivity index (χ4n) is 3.34. The molecule has 0 bridgehead atoms. The van der Waals surface area contributed by atoms with Gasteiger partial charge in [-0.1, -0.05) is 36.4 Å². The zero-order valence-corrected chi connectivity index (χ0v) is 15.9. The van der Waals surface area contributed by atoms with Crippen LogP contribution < -0.4 is 15.9 Å². The molecule has 3 aromatic rings. The van der Waals surface area contributed by atoms with Gasteiger partial charge >= 0.3 is 5.97 Å². The van der Waals surface area contributed by atoms with Gasteiger partial charge in [0, 0.05) is 19.5 Å². The number of hydrogen-bond donors (Lipinski definition) is 2. The van der Waals surface area contributed by atoms with Crippen LogP contribution in [0.25, 0.3) is 22.3 Å². The standard InChI is InChI=1S/C22H17N3O5/c1-24(25-11-14(22(29)30)10-23-12-25)15-8-6-13(7-9-15)16-4-2-3-5-17(16)18-19(26)21(28)20(18)27/h2-11,26H,12H2,1H3,(H,29,30). The molecule has 4 rings (SSSR count). The van der Waals surface area contributed by atoms with E-state index in [-0.39, 0.29) is 11.1 Å². The zero-order chi connectivity index (χ0) is 21.4. The van der Waals surface area contributed by atoms with Crippen molar-refractivity contribution in [3.63, 3.8) is 0 Å². The molecule has 0 saturated heterocycles. The number of nitrogens with zero attached hydrogens (tertiary/aromatic N) is 3. The molecule has 0 aromatic heterocycles. The largest absolute Gasteiger partial charge is 0.503 e. The van der Waals surface area contributed by atoms with Crippen LogP contribution in [-0.2, 0) is 4.79 Å². The number of aliphatic carboxylic acids is 1. The van der Waals surface area contributed by atoms with Gasteiger partial charge in [-0.3, -0.25) is 24.6 Å². The lowest BCUT2D eigenvalue weighted by Crippen LogP contribution is -2.38. The smallest absolute Gasteiger partial charge is 0.338 e. The summed E-state index contributed by atoms with van der Waals surface area (Å²) in [7, 11) is 1.79. The van der Waals surface area contributed by atoms with Crippen LogP contribution in [0.2, 0.25) is 0 Å². The zero-order valence-electron chi connectivity index (χ0n) is 15.9. The van der Waals surface area contributed by atoms with Gasteiger partial charge in [0.1, 0.15) is 6.67 Å². The Labute approximate surface area is 170 Å². The molecule has 0 aliphatic carbocycles. The first-order valence-corrected chi connectivity index (χ1v) is 9.06. The highest BCUT2D eigenvalue weighted by Gasteiger charge is 2.24. The SMILES string of the molecule is CN(c1ccc(-c2ccccc2-c2c(O)c(=O)c2=O)cc1)N1C=C(C(=O)O)C=NC1. The highest BCUT2D eigenvalue weighted by Crippen LogP contribution is 2.35. The molecular weight excluding hydrogens is 386 g/mol. The molecule has 1 heterocycles. The molecule has 0 unspecified atom stereocenters. The van der Waals surface area contributed by atoms with Gasteiger partial charge < -0.3 is 10.2 Å². The molecule has 0 atom stereocenters. The van der Waals surface area contributed by atoms with E-state index in [1.165, 1.54) is 12.4 Å². The Kier molecular flexibility index (Phi) is 4.67. The van der Waals surface area contributed by atoms with Gasteiger partial charge in [0.25, 0.3) is 5.43 Å². The molecule has 2 N–H and O–H groups in total. The normalized spacial score (nSPS) is 13.4. The first-order chi connectivity index (χ1) is 14.4. The van der Waals surface area contributed by atoms with Gasteiger partial charge in [-0.05, 0) is 28.8 Å². The minimum Gasteiger partial charge on any atom is -0.503 e. The fourth-order valence-corrected chi connectivity index (χ4v) is 3.34. The number of aromatic hydroxyl groups is 1. The van der Waals surface area contributed by atoms with E-state index in [2.05, 4.69) is 4.99 Å². The molecule has 8 nitrogen and oxygen atoms in total. The molecule has 8 heteroatoms. The Morgan fingerprint density at radius 2 is 1.70 bits per heavy atom. The van der Waals surface area contributed by atoms with Crippen LogP contribution in [0.15, 0.2) is 74.9 Å². The van der Waals surface area contributed by atoms with E-state index < -0.39 is 22.6 Å². The quantitative estimate of drug-likeness (QED) is 0.627. The second-order valence-electron chi connectivity index (χ2n) is 6.78. The third-order valence-corrected chi connectivity index (χ3v) is 5.01. The first-order valence-electron chi connectivity index (χ1n) is 9.06. The molecule has 0 saturated carbocycles. The van der Waals surface area contributed by atoms with Crippen LogP contribution in [-0.4, -0.2) is 41.1 Å². The van der Waals surface area contributed by atoms with Crippen LogP contribution in [0.5, 0.6) is 5.75 Å². The van der Waals surface area contributed by atoms with E-state index in [0.717, 1.165) is 11.3 Å². The maximum atomic E-state index is 11.9. The molecule has 3 aromatic carbocycles. The van der Waals surface area contributed by atoms with Crippen LogP contribution in [0.1, 0.15) is 0 Å². The molecular formula is C22H17N3O5. The second-order valence-corrected chi connectivity index (χ2v) is 6.78. The number of carboxylic acid groups (broad SMARTS) is 1. The van der Waals surface area contributed by atoms with E-state index in [0.29, 0.717) is 17.8 Å². The molecule has 30 heavy (non-hydrogen) atoms. The van der Waals surface area contributed by atoms with Crippen molar-refractivity contribution >= 4 is 17.9 Å². The number of benzene rings is 2. The van der Waals surface area contributed by atoms with Crippen LogP contribution in [0.4, 0.5) is 5.69 Å². The van der Waals surface area contributed by atoms with Gasteiger partial charge in [0.05, 0.1) is 16.8 Å². The van der Waals surface area contributed by atoms with Gasteiger partial charge in [-0.25, -0.2) is 4.79 Å². The summed E-state index contributed by atoms with van der Waals surface area (Å²) < 4.78 is 0. The highest BCUT2D eigenvalue weighted by molar-refractivity contribution is 6.08. The summed E-state index contributed by atoms with van der Waals surface area (Å²) in [6, 6.07) is 14.4. The van der Waals surface area contributed by atoms with E-state index in [9.17, 15) is 19.5 Å². The van der Waals surface area contributed by atoms with Gasteiger partial charge in [-0.15, -0.1) is 0 Å². The minimum atomic E-state index is -1.05. The maximum Gasteiger partial charge on any atom is 0.338 e. The lowest BCUT2D eigenvalue weighted by atomic mass is 9.91. The number of anilines is 1. The topological polar surface area (TPSA) is 111 Å². The van der Waals surface area contributed by atoms with Gasteiger partial charge in [0.2, 0.25) is 5.43 Å². The third kappa shape index (κ3) is 3.14. The maximum absolute atomic E-state index is 11.9. The number of rotatable bonds is 5. The molecule has 150 valence electrons. The summed E-state index contributed by atoms with van der Waals surface area (Å²) in [6.45, 7) is 0.293. The second kappa shape index (κ2) is 7.32. The number of hydrazine groups is 1. The Bertz CT molecular complexity index is 1270. The summed E-state index contributed by atoms with van der Waals surface area (Å²) in [6.07, 6.45) is 2.83. The number of carboxylic acids is 1. The first kappa shape index (κ1) is 19.1. The van der Waals surface area contributed by atoms with Crippen molar-refractivity contribution in [2.45, 2.75) is 0 Å². The van der Waals surface area contributed by atoms with Crippen LogP contribution in [0.3, 0.4) is 0 Å². The fraction of sp³-hybridized carbons (Fsp3) is 0.0909. The minimum absolute atomic E-state index is 0.0364. The van der Waals surface area contributed by atoms with Gasteiger partial charge in [0.15, 0.2) is 5.75 Å². The Hall–Kier alpha value is -4.20. The van der Waals surface area contributed by atoms with Crippen molar-refractivity contribution in [3.05, 3.63) is 80.8 Å². The summed E-state index contributed by atoms with van der Waals surface area (Å²) >= 11 is 0. The van der Waals surface area contributed by atoms with Gasteiger partial charge in [-0.2, -0.15) is 0 Å². The summed E-state index contributed by atoms with van der Waals surface area (Å²) in [5.41, 5.74) is 1.38. The predicted octanol–water partition coefficient (Wildman–Crippen LogP) is 1.99. The lowest BCUT2D eigenvalue weighted by molar-refractivity contribution is -0.132. The Morgan fingerprint density at radius 1 is 1.03 bits per heavy atom.